The highest BCUT2D eigenvalue weighted by Gasteiger charge is 2.17. The third-order valence-corrected chi connectivity index (χ3v) is 3.49. The second-order valence-corrected chi connectivity index (χ2v) is 5.22. The Bertz CT molecular complexity index is 798. The van der Waals surface area contributed by atoms with Crippen molar-refractivity contribution in [1.29, 1.82) is 0 Å². The smallest absolute Gasteiger partial charge is 0.305 e. The Kier molecular flexibility index (Phi) is 5.28. The predicted octanol–water partition coefficient (Wildman–Crippen LogP) is 2.01. The summed E-state index contributed by atoms with van der Waals surface area (Å²) < 4.78 is 10.4. The highest BCUT2D eigenvalue weighted by molar-refractivity contribution is 5.93. The molecule has 2 heterocycles. The molecule has 0 spiro atoms. The second kappa shape index (κ2) is 7.98. The third-order valence-electron chi connectivity index (χ3n) is 3.49. The molecule has 0 aliphatic heterocycles. The molecule has 128 valence electrons. The van der Waals surface area contributed by atoms with Crippen LogP contribution in [0.3, 0.4) is 0 Å². The number of rotatable bonds is 6. The maximum Gasteiger partial charge on any atom is 0.305 e. The van der Waals surface area contributed by atoms with Crippen LogP contribution in [0, 0.1) is 0 Å². The van der Waals surface area contributed by atoms with Crippen molar-refractivity contribution in [1.82, 2.24) is 16.2 Å². The lowest BCUT2D eigenvalue weighted by atomic mass is 10.0. The van der Waals surface area contributed by atoms with E-state index in [1.165, 1.54) is 12.3 Å². The lowest BCUT2D eigenvalue weighted by molar-refractivity contribution is -0.121. The molecule has 1 aromatic carbocycles. The van der Waals surface area contributed by atoms with E-state index < -0.39 is 11.8 Å². The topological polar surface area (TPSA) is 96.5 Å². The zero-order valence-corrected chi connectivity index (χ0v) is 13.3. The molecule has 3 aromatic rings. The molecule has 0 saturated heterocycles. The lowest BCUT2D eigenvalue weighted by Crippen LogP contribution is -2.45. The van der Waals surface area contributed by atoms with Crippen LogP contribution in [0.2, 0.25) is 0 Å². The van der Waals surface area contributed by atoms with Gasteiger partial charge in [0.2, 0.25) is 0 Å². The summed E-state index contributed by atoms with van der Waals surface area (Å²) in [4.78, 5) is 23.7. The molecule has 0 bridgehead atoms. The first-order chi connectivity index (χ1) is 12.2. The van der Waals surface area contributed by atoms with Gasteiger partial charge in [0.1, 0.15) is 5.76 Å². The zero-order valence-electron chi connectivity index (χ0n) is 13.3. The molecule has 3 N–H and O–H groups in total. The van der Waals surface area contributed by atoms with Gasteiger partial charge in [-0.05, 0) is 29.8 Å². The molecule has 7 nitrogen and oxygen atoms in total. The Balaban J connectivity index is 1.56. The van der Waals surface area contributed by atoms with Gasteiger partial charge in [0.25, 0.3) is 5.91 Å². The van der Waals surface area contributed by atoms with E-state index in [4.69, 9.17) is 8.83 Å². The first-order valence-electron chi connectivity index (χ1n) is 7.68. The summed E-state index contributed by atoms with van der Waals surface area (Å²) in [5.41, 5.74) is 5.58. The maximum atomic E-state index is 12.0. The average molecular weight is 339 g/mol. The summed E-state index contributed by atoms with van der Waals surface area (Å²) in [5, 5.41) is 3.12. The summed E-state index contributed by atoms with van der Waals surface area (Å²) in [6, 6.07) is 16.1. The number of nitrogens with one attached hydrogen (secondary N) is 3. The van der Waals surface area contributed by atoms with Gasteiger partial charge in [-0.2, -0.15) is 0 Å². The summed E-state index contributed by atoms with van der Waals surface area (Å²) in [5.74, 6) is -0.110. The minimum Gasteiger partial charge on any atom is -0.467 e. The van der Waals surface area contributed by atoms with Gasteiger partial charge in [-0.25, -0.2) is 0 Å². The average Bonchev–Trinajstić information content (AvgIpc) is 3.34. The number of hydrogen-bond donors (Lipinski definition) is 3. The molecule has 3 rings (SSSR count). The number of carbonyl (C=O) groups is 2. The number of furan rings is 2. The van der Waals surface area contributed by atoms with Crippen LogP contribution in [0.1, 0.15) is 27.9 Å². The van der Waals surface area contributed by atoms with Gasteiger partial charge in [0.05, 0.1) is 25.1 Å². The first kappa shape index (κ1) is 16.5. The number of hydrazine groups is 1. The first-order valence-corrected chi connectivity index (χ1v) is 7.68. The Morgan fingerprint density at radius 1 is 0.880 bits per heavy atom. The molecule has 0 aliphatic carbocycles. The van der Waals surface area contributed by atoms with Crippen LogP contribution in [0.15, 0.2) is 76.0 Å². The van der Waals surface area contributed by atoms with Gasteiger partial charge in [-0.1, -0.05) is 30.3 Å². The standard InChI is InChI=1S/C18H17N3O4/c22-16(20-21-18(23)15-9-5-11-25-15)12-19-17(14-8-4-10-24-14)13-6-2-1-3-7-13/h1-11,17,19H,12H2,(H,20,22)(H,21,23)/t17-/m0/s1. The van der Waals surface area contributed by atoms with E-state index in [1.807, 2.05) is 36.4 Å². The minimum absolute atomic E-state index is 0.0152. The van der Waals surface area contributed by atoms with Gasteiger partial charge in [0.15, 0.2) is 5.76 Å². The van der Waals surface area contributed by atoms with Crippen LogP contribution in [0.25, 0.3) is 0 Å². The fourth-order valence-corrected chi connectivity index (χ4v) is 2.32. The largest absolute Gasteiger partial charge is 0.467 e. The molecule has 2 amide bonds. The summed E-state index contributed by atoms with van der Waals surface area (Å²) in [7, 11) is 0. The molecule has 0 fully saturated rings. The van der Waals surface area contributed by atoms with Gasteiger partial charge in [-0.3, -0.25) is 25.8 Å². The van der Waals surface area contributed by atoms with Crippen molar-refractivity contribution in [3.05, 3.63) is 84.2 Å². The normalized spacial score (nSPS) is 11.7. The Labute approximate surface area is 144 Å². The predicted molar refractivity (Wildman–Crippen MR) is 89.3 cm³/mol. The van der Waals surface area contributed by atoms with Crippen LogP contribution in [0.4, 0.5) is 0 Å². The van der Waals surface area contributed by atoms with Crippen molar-refractivity contribution >= 4 is 11.8 Å². The van der Waals surface area contributed by atoms with Gasteiger partial charge >= 0.3 is 5.91 Å². The van der Waals surface area contributed by atoms with Gasteiger partial charge in [-0.15, -0.1) is 0 Å². The van der Waals surface area contributed by atoms with Crippen LogP contribution >= 0.6 is 0 Å². The minimum atomic E-state index is -0.524. The van der Waals surface area contributed by atoms with E-state index in [0.29, 0.717) is 5.76 Å². The van der Waals surface area contributed by atoms with Crippen molar-refractivity contribution in [2.24, 2.45) is 0 Å². The highest BCUT2D eigenvalue weighted by Crippen LogP contribution is 2.21. The van der Waals surface area contributed by atoms with Crippen molar-refractivity contribution in [3.8, 4) is 0 Å². The monoisotopic (exact) mass is 339 g/mol. The van der Waals surface area contributed by atoms with Crippen molar-refractivity contribution in [2.45, 2.75) is 6.04 Å². The Morgan fingerprint density at radius 2 is 1.64 bits per heavy atom. The number of amides is 2. The molecule has 7 heteroatoms. The Hall–Kier alpha value is -3.32. The second-order valence-electron chi connectivity index (χ2n) is 5.22. The zero-order chi connectivity index (χ0) is 17.5. The van der Waals surface area contributed by atoms with E-state index in [9.17, 15) is 9.59 Å². The van der Waals surface area contributed by atoms with Crippen molar-refractivity contribution in [2.75, 3.05) is 6.54 Å². The Morgan fingerprint density at radius 3 is 2.32 bits per heavy atom. The molecule has 0 radical (unpaired) electrons. The molecule has 25 heavy (non-hydrogen) atoms. The summed E-state index contributed by atoms with van der Waals surface area (Å²) in [6.07, 6.45) is 2.96. The van der Waals surface area contributed by atoms with Crippen molar-refractivity contribution < 1.29 is 18.4 Å². The summed E-state index contributed by atoms with van der Waals surface area (Å²) >= 11 is 0. The van der Waals surface area contributed by atoms with E-state index in [-0.39, 0.29) is 18.3 Å². The molecular weight excluding hydrogens is 322 g/mol. The van der Waals surface area contributed by atoms with Crippen LogP contribution in [0.5, 0.6) is 0 Å². The lowest BCUT2D eigenvalue weighted by Gasteiger charge is -2.17. The molecule has 0 aliphatic rings. The third kappa shape index (κ3) is 4.36. The van der Waals surface area contributed by atoms with Gasteiger partial charge < -0.3 is 8.83 Å². The quantitative estimate of drug-likeness (QED) is 0.597. The van der Waals surface area contributed by atoms with E-state index >= 15 is 0 Å². The number of hydrogen-bond acceptors (Lipinski definition) is 5. The molecule has 0 unspecified atom stereocenters. The van der Waals surface area contributed by atoms with Crippen molar-refractivity contribution in [3.63, 3.8) is 0 Å². The molecule has 1 atom stereocenters. The van der Waals surface area contributed by atoms with E-state index in [1.54, 1.807) is 18.4 Å². The number of benzene rings is 1. The van der Waals surface area contributed by atoms with E-state index in [0.717, 1.165) is 5.56 Å². The summed E-state index contributed by atoms with van der Waals surface area (Å²) in [6.45, 7) is -0.0152. The molecule has 2 aromatic heterocycles. The fourth-order valence-electron chi connectivity index (χ4n) is 2.32. The van der Waals surface area contributed by atoms with Crippen LogP contribution in [-0.4, -0.2) is 18.4 Å². The maximum absolute atomic E-state index is 12.0. The number of carbonyl (C=O) groups excluding carboxylic acids is 2. The molecule has 0 saturated carbocycles. The molecular formula is C18H17N3O4. The SMILES string of the molecule is O=C(CN[C@@H](c1ccccc1)c1ccco1)NNC(=O)c1ccco1. The highest BCUT2D eigenvalue weighted by atomic mass is 16.3. The van der Waals surface area contributed by atoms with E-state index in [2.05, 4.69) is 16.2 Å². The van der Waals surface area contributed by atoms with Gasteiger partial charge in [0, 0.05) is 0 Å². The van der Waals surface area contributed by atoms with Crippen LogP contribution in [-0.2, 0) is 4.79 Å². The van der Waals surface area contributed by atoms with Crippen LogP contribution < -0.4 is 16.2 Å². The fraction of sp³-hybridized carbons (Fsp3) is 0.111.